The number of aromatic nitrogens is 1. The first-order chi connectivity index (χ1) is 6.36. The summed E-state index contributed by atoms with van der Waals surface area (Å²) in [5.74, 6) is 0. The van der Waals surface area contributed by atoms with Gasteiger partial charge in [0.1, 0.15) is 0 Å². The zero-order chi connectivity index (χ0) is 9.10. The third-order valence-electron chi connectivity index (χ3n) is 2.60. The van der Waals surface area contributed by atoms with Gasteiger partial charge >= 0.3 is 0 Å². The van der Waals surface area contributed by atoms with Crippen LogP contribution in [0.15, 0.2) is 24.5 Å². The lowest BCUT2D eigenvalue weighted by atomic mass is 10.2. The minimum Gasteiger partial charge on any atom is -0.381 e. The summed E-state index contributed by atoms with van der Waals surface area (Å²) in [6, 6.07) is 4.71. The van der Waals surface area contributed by atoms with Crippen LogP contribution in [-0.2, 0) is 0 Å². The fourth-order valence-corrected chi connectivity index (χ4v) is 1.83. The van der Waals surface area contributed by atoms with Crippen molar-refractivity contribution in [3.8, 4) is 0 Å². The average molecular weight is 177 g/mol. The van der Waals surface area contributed by atoms with Crippen molar-refractivity contribution in [3.05, 3.63) is 24.5 Å². The van der Waals surface area contributed by atoms with Crippen molar-refractivity contribution >= 4 is 5.69 Å². The van der Waals surface area contributed by atoms with Crippen molar-refractivity contribution in [2.45, 2.75) is 31.3 Å². The molecule has 2 unspecified atom stereocenters. The molecular formula is C10H15N3. The lowest BCUT2D eigenvalue weighted by molar-refractivity contribution is 0.638. The molecule has 2 rings (SSSR count). The summed E-state index contributed by atoms with van der Waals surface area (Å²) >= 11 is 0. The van der Waals surface area contributed by atoms with Gasteiger partial charge in [0.05, 0.1) is 0 Å². The van der Waals surface area contributed by atoms with Gasteiger partial charge in [0.15, 0.2) is 0 Å². The Morgan fingerprint density at radius 3 is 2.69 bits per heavy atom. The Kier molecular flexibility index (Phi) is 2.45. The standard InChI is InChI=1S/C10H15N3/c11-9-2-1-3-10(9)13-8-4-6-12-7-5-8/h4-7,9-10H,1-3,11H2,(H,12,13). The number of rotatable bonds is 2. The van der Waals surface area contributed by atoms with E-state index in [0.717, 1.165) is 12.1 Å². The topological polar surface area (TPSA) is 50.9 Å². The third kappa shape index (κ3) is 1.98. The smallest absolute Gasteiger partial charge is 0.0412 e. The number of anilines is 1. The van der Waals surface area contributed by atoms with E-state index in [1.54, 1.807) is 12.4 Å². The van der Waals surface area contributed by atoms with Crippen LogP contribution in [0.1, 0.15) is 19.3 Å². The molecule has 0 amide bonds. The maximum atomic E-state index is 5.95. The second-order valence-electron chi connectivity index (χ2n) is 3.58. The van der Waals surface area contributed by atoms with Crippen molar-refractivity contribution in [3.63, 3.8) is 0 Å². The molecule has 0 aromatic carbocycles. The highest BCUT2D eigenvalue weighted by Gasteiger charge is 2.23. The van der Waals surface area contributed by atoms with Gasteiger partial charge in [0, 0.05) is 30.2 Å². The lowest BCUT2D eigenvalue weighted by Crippen LogP contribution is -2.35. The molecule has 1 fully saturated rings. The van der Waals surface area contributed by atoms with Gasteiger partial charge < -0.3 is 11.1 Å². The normalized spacial score (nSPS) is 27.5. The number of pyridine rings is 1. The van der Waals surface area contributed by atoms with Crippen LogP contribution in [0.2, 0.25) is 0 Å². The van der Waals surface area contributed by atoms with Gasteiger partial charge in [0.2, 0.25) is 0 Å². The zero-order valence-electron chi connectivity index (χ0n) is 7.61. The van der Waals surface area contributed by atoms with Crippen LogP contribution in [0.4, 0.5) is 5.69 Å². The molecule has 1 aliphatic carbocycles. The molecule has 13 heavy (non-hydrogen) atoms. The van der Waals surface area contributed by atoms with Crippen molar-refractivity contribution in [2.24, 2.45) is 5.73 Å². The molecule has 2 atom stereocenters. The lowest BCUT2D eigenvalue weighted by Gasteiger charge is -2.18. The summed E-state index contributed by atoms with van der Waals surface area (Å²) in [4.78, 5) is 3.97. The molecule has 0 saturated heterocycles. The summed E-state index contributed by atoms with van der Waals surface area (Å²) in [7, 11) is 0. The molecule has 0 aliphatic heterocycles. The monoisotopic (exact) mass is 177 g/mol. The van der Waals surface area contributed by atoms with Gasteiger partial charge in [-0.05, 0) is 31.4 Å². The molecule has 1 aromatic rings. The van der Waals surface area contributed by atoms with Gasteiger partial charge in [-0.25, -0.2) is 0 Å². The van der Waals surface area contributed by atoms with Crippen molar-refractivity contribution < 1.29 is 0 Å². The molecule has 3 N–H and O–H groups in total. The molecule has 1 aliphatic rings. The largest absolute Gasteiger partial charge is 0.381 e. The number of nitrogens with zero attached hydrogens (tertiary/aromatic N) is 1. The van der Waals surface area contributed by atoms with E-state index in [2.05, 4.69) is 10.3 Å². The third-order valence-corrected chi connectivity index (χ3v) is 2.60. The van der Waals surface area contributed by atoms with E-state index in [9.17, 15) is 0 Å². The van der Waals surface area contributed by atoms with Crippen molar-refractivity contribution in [1.29, 1.82) is 0 Å². The number of nitrogens with two attached hydrogens (primary N) is 1. The summed E-state index contributed by atoms with van der Waals surface area (Å²) in [6.07, 6.45) is 7.15. The van der Waals surface area contributed by atoms with Crippen molar-refractivity contribution in [1.82, 2.24) is 4.98 Å². The Balaban J connectivity index is 1.98. The molecule has 1 heterocycles. The zero-order valence-corrected chi connectivity index (χ0v) is 7.61. The first kappa shape index (κ1) is 8.51. The van der Waals surface area contributed by atoms with Gasteiger partial charge in [0.25, 0.3) is 0 Å². The van der Waals surface area contributed by atoms with E-state index >= 15 is 0 Å². The maximum Gasteiger partial charge on any atom is 0.0412 e. The number of hydrogen-bond donors (Lipinski definition) is 2. The minimum atomic E-state index is 0.313. The van der Waals surface area contributed by atoms with E-state index < -0.39 is 0 Å². The highest BCUT2D eigenvalue weighted by atomic mass is 15.0. The quantitative estimate of drug-likeness (QED) is 0.717. The van der Waals surface area contributed by atoms with E-state index in [1.165, 1.54) is 12.8 Å². The van der Waals surface area contributed by atoms with Crippen molar-refractivity contribution in [2.75, 3.05) is 5.32 Å². The van der Waals surface area contributed by atoms with Crippen LogP contribution in [-0.4, -0.2) is 17.1 Å². The summed E-state index contributed by atoms with van der Waals surface area (Å²) in [5.41, 5.74) is 7.07. The summed E-state index contributed by atoms with van der Waals surface area (Å²) in [5, 5.41) is 3.43. The molecule has 0 radical (unpaired) electrons. The van der Waals surface area contributed by atoms with Crippen LogP contribution in [0.25, 0.3) is 0 Å². The maximum absolute atomic E-state index is 5.95. The van der Waals surface area contributed by atoms with Crippen LogP contribution in [0.3, 0.4) is 0 Å². The Hall–Kier alpha value is -1.09. The second-order valence-corrected chi connectivity index (χ2v) is 3.58. The first-order valence-corrected chi connectivity index (χ1v) is 4.78. The predicted octanol–water partition coefficient (Wildman–Crippen LogP) is 1.37. The van der Waals surface area contributed by atoms with E-state index in [-0.39, 0.29) is 0 Å². The minimum absolute atomic E-state index is 0.313. The highest BCUT2D eigenvalue weighted by molar-refractivity contribution is 5.42. The molecule has 1 saturated carbocycles. The molecule has 0 spiro atoms. The second kappa shape index (κ2) is 3.75. The average Bonchev–Trinajstić information content (AvgIpc) is 2.54. The fourth-order valence-electron chi connectivity index (χ4n) is 1.83. The highest BCUT2D eigenvalue weighted by Crippen LogP contribution is 2.20. The van der Waals surface area contributed by atoms with Gasteiger partial charge in [-0.15, -0.1) is 0 Å². The van der Waals surface area contributed by atoms with Crippen LogP contribution in [0.5, 0.6) is 0 Å². The van der Waals surface area contributed by atoms with Gasteiger partial charge in [-0.3, -0.25) is 4.98 Å². The van der Waals surface area contributed by atoms with Gasteiger partial charge in [-0.1, -0.05) is 0 Å². The van der Waals surface area contributed by atoms with E-state index in [0.29, 0.717) is 12.1 Å². The predicted molar refractivity (Wildman–Crippen MR) is 53.5 cm³/mol. The SMILES string of the molecule is NC1CCCC1Nc1ccncc1. The molecule has 1 aromatic heterocycles. The van der Waals surface area contributed by atoms with Gasteiger partial charge in [-0.2, -0.15) is 0 Å². The Morgan fingerprint density at radius 1 is 1.31 bits per heavy atom. The molecule has 3 nitrogen and oxygen atoms in total. The summed E-state index contributed by atoms with van der Waals surface area (Å²) < 4.78 is 0. The van der Waals surface area contributed by atoms with Crippen LogP contribution >= 0.6 is 0 Å². The molecule has 3 heteroatoms. The van der Waals surface area contributed by atoms with Crippen LogP contribution in [0, 0.1) is 0 Å². The molecule has 70 valence electrons. The van der Waals surface area contributed by atoms with Crippen LogP contribution < -0.4 is 11.1 Å². The Morgan fingerprint density at radius 2 is 2.08 bits per heavy atom. The molecular weight excluding hydrogens is 162 g/mol. The van der Waals surface area contributed by atoms with E-state index in [4.69, 9.17) is 5.73 Å². The summed E-state index contributed by atoms with van der Waals surface area (Å²) in [6.45, 7) is 0. The number of hydrogen-bond acceptors (Lipinski definition) is 3. The molecule has 0 bridgehead atoms. The Bertz CT molecular complexity index is 260. The fraction of sp³-hybridized carbons (Fsp3) is 0.500. The van der Waals surface area contributed by atoms with E-state index in [1.807, 2.05) is 12.1 Å². The Labute approximate surface area is 78.4 Å². The first-order valence-electron chi connectivity index (χ1n) is 4.78. The number of nitrogens with one attached hydrogen (secondary N) is 1.